The third kappa shape index (κ3) is 4.45. The summed E-state index contributed by atoms with van der Waals surface area (Å²) in [6.07, 6.45) is 11.1. The molecule has 1 aromatic carbocycles. The van der Waals surface area contributed by atoms with Gasteiger partial charge in [-0.15, -0.1) is 10.2 Å². The number of hydrogen-bond donors (Lipinski definition) is 1. The summed E-state index contributed by atoms with van der Waals surface area (Å²) < 4.78 is 3.98. The number of rotatable bonds is 9. The van der Waals surface area contributed by atoms with Crippen LogP contribution in [0.25, 0.3) is 22.5 Å². The van der Waals surface area contributed by atoms with Crippen LogP contribution in [-0.4, -0.2) is 34.7 Å². The van der Waals surface area contributed by atoms with Gasteiger partial charge in [-0.1, -0.05) is 51.5 Å². The zero-order valence-corrected chi connectivity index (χ0v) is 20.7. The molecule has 8 heteroatoms. The SMILES string of the molecule is CCCCc1cn(C2CCC2C(C)C)c(=O)n1Cc1cnccc1-c1ccccc1-c1nn[nH]n1. The highest BCUT2D eigenvalue weighted by atomic mass is 16.1. The van der Waals surface area contributed by atoms with E-state index in [1.54, 1.807) is 6.20 Å². The summed E-state index contributed by atoms with van der Waals surface area (Å²) in [5.41, 5.74) is 5.09. The van der Waals surface area contributed by atoms with E-state index >= 15 is 0 Å². The molecule has 0 amide bonds. The molecule has 182 valence electrons. The molecule has 1 fully saturated rings. The highest BCUT2D eigenvalue weighted by molar-refractivity contribution is 5.81. The predicted octanol–water partition coefficient (Wildman–Crippen LogP) is 4.89. The molecule has 2 atom stereocenters. The Morgan fingerprint density at radius 1 is 1.11 bits per heavy atom. The first kappa shape index (κ1) is 23.2. The first-order valence-electron chi connectivity index (χ1n) is 12.6. The lowest BCUT2D eigenvalue weighted by Gasteiger charge is -2.39. The number of hydrogen-bond acceptors (Lipinski definition) is 5. The van der Waals surface area contributed by atoms with E-state index in [1.807, 2.05) is 39.6 Å². The number of nitrogens with zero attached hydrogens (tertiary/aromatic N) is 6. The number of nitrogens with one attached hydrogen (secondary N) is 1. The molecule has 1 saturated carbocycles. The van der Waals surface area contributed by atoms with Crippen molar-refractivity contribution >= 4 is 0 Å². The van der Waals surface area contributed by atoms with Gasteiger partial charge in [0.05, 0.1) is 6.54 Å². The van der Waals surface area contributed by atoms with Gasteiger partial charge in [-0.2, -0.15) is 5.21 Å². The van der Waals surface area contributed by atoms with E-state index in [4.69, 9.17) is 0 Å². The van der Waals surface area contributed by atoms with E-state index < -0.39 is 0 Å². The molecule has 0 spiro atoms. The van der Waals surface area contributed by atoms with E-state index in [1.165, 1.54) is 6.42 Å². The molecule has 0 saturated heterocycles. The molecular formula is C27H33N7O. The summed E-state index contributed by atoms with van der Waals surface area (Å²) in [7, 11) is 0. The van der Waals surface area contributed by atoms with Crippen molar-refractivity contribution in [1.82, 2.24) is 34.7 Å². The van der Waals surface area contributed by atoms with Gasteiger partial charge in [-0.3, -0.25) is 14.1 Å². The Kier molecular flexibility index (Phi) is 6.61. The number of pyridine rings is 1. The zero-order chi connectivity index (χ0) is 24.4. The average Bonchev–Trinajstić information content (AvgIpc) is 3.47. The van der Waals surface area contributed by atoms with Crippen molar-refractivity contribution in [2.45, 2.75) is 65.5 Å². The second-order valence-corrected chi connectivity index (χ2v) is 9.87. The normalized spacial score (nSPS) is 17.6. The second-order valence-electron chi connectivity index (χ2n) is 9.87. The summed E-state index contributed by atoms with van der Waals surface area (Å²) in [5.74, 6) is 1.69. The molecule has 5 rings (SSSR count). The maximum Gasteiger partial charge on any atom is 0.328 e. The minimum Gasteiger partial charge on any atom is -0.296 e. The number of H-pyrrole nitrogens is 1. The van der Waals surface area contributed by atoms with Crippen LogP contribution in [0.3, 0.4) is 0 Å². The molecule has 1 N–H and O–H groups in total. The Labute approximate surface area is 205 Å². The highest BCUT2D eigenvalue weighted by Crippen LogP contribution is 2.42. The molecule has 1 aliphatic rings. The number of aromatic nitrogens is 7. The molecule has 2 unspecified atom stereocenters. The van der Waals surface area contributed by atoms with E-state index in [2.05, 4.69) is 58.6 Å². The fourth-order valence-electron chi connectivity index (χ4n) is 5.32. The first-order chi connectivity index (χ1) is 17.1. The minimum absolute atomic E-state index is 0.0905. The van der Waals surface area contributed by atoms with Crippen molar-refractivity contribution < 1.29 is 0 Å². The van der Waals surface area contributed by atoms with Gasteiger partial charge in [0.25, 0.3) is 0 Å². The van der Waals surface area contributed by atoms with Crippen molar-refractivity contribution in [3.8, 4) is 22.5 Å². The summed E-state index contributed by atoms with van der Waals surface area (Å²) in [5, 5.41) is 14.6. The number of tetrazole rings is 1. The van der Waals surface area contributed by atoms with Crippen LogP contribution in [0.4, 0.5) is 0 Å². The van der Waals surface area contributed by atoms with Gasteiger partial charge in [-0.05, 0) is 65.5 Å². The number of aromatic amines is 1. The van der Waals surface area contributed by atoms with Gasteiger partial charge in [0, 0.05) is 35.9 Å². The summed E-state index contributed by atoms with van der Waals surface area (Å²) in [4.78, 5) is 18.1. The van der Waals surface area contributed by atoms with E-state index in [-0.39, 0.29) is 5.69 Å². The Morgan fingerprint density at radius 2 is 1.94 bits per heavy atom. The van der Waals surface area contributed by atoms with Crippen molar-refractivity contribution in [3.05, 3.63) is 70.7 Å². The van der Waals surface area contributed by atoms with E-state index in [0.29, 0.717) is 30.2 Å². The third-order valence-electron chi connectivity index (χ3n) is 7.41. The molecule has 8 nitrogen and oxygen atoms in total. The maximum absolute atomic E-state index is 13.7. The molecule has 0 radical (unpaired) electrons. The Hall–Kier alpha value is -3.55. The standard InChI is InChI=1S/C27H33N7O/c1-4-5-8-20-17-34(25-12-11-21(25)18(2)3)27(35)33(20)16-19-15-28-14-13-22(19)23-9-6-7-10-24(23)26-29-31-32-30-26/h6-7,9-10,13-15,17-18,21,25H,4-5,8,11-12,16H2,1-3H3,(H,29,30,31,32). The second kappa shape index (κ2) is 9.98. The van der Waals surface area contributed by atoms with Crippen LogP contribution in [0.5, 0.6) is 0 Å². The monoisotopic (exact) mass is 471 g/mol. The van der Waals surface area contributed by atoms with Gasteiger partial charge >= 0.3 is 5.69 Å². The lowest BCUT2D eigenvalue weighted by Crippen LogP contribution is -2.38. The van der Waals surface area contributed by atoms with Crippen molar-refractivity contribution in [1.29, 1.82) is 0 Å². The van der Waals surface area contributed by atoms with Gasteiger partial charge in [0.1, 0.15) is 0 Å². The van der Waals surface area contributed by atoms with Crippen LogP contribution in [0.1, 0.15) is 63.8 Å². The predicted molar refractivity (Wildman–Crippen MR) is 136 cm³/mol. The fourth-order valence-corrected chi connectivity index (χ4v) is 5.32. The minimum atomic E-state index is 0.0905. The van der Waals surface area contributed by atoms with Gasteiger partial charge in [-0.25, -0.2) is 4.79 Å². The van der Waals surface area contributed by atoms with Crippen LogP contribution in [0.15, 0.2) is 53.7 Å². The molecule has 35 heavy (non-hydrogen) atoms. The quantitative estimate of drug-likeness (QED) is 0.375. The number of aryl methyl sites for hydroxylation is 1. The van der Waals surface area contributed by atoms with Gasteiger partial charge in [0.15, 0.2) is 0 Å². The largest absolute Gasteiger partial charge is 0.328 e. The van der Waals surface area contributed by atoms with Crippen molar-refractivity contribution in [2.24, 2.45) is 11.8 Å². The average molecular weight is 472 g/mol. The lowest BCUT2D eigenvalue weighted by molar-refractivity contribution is 0.125. The summed E-state index contributed by atoms with van der Waals surface area (Å²) in [6.45, 7) is 7.20. The maximum atomic E-state index is 13.7. The fraction of sp³-hybridized carbons (Fsp3) is 0.444. The van der Waals surface area contributed by atoms with Gasteiger partial charge < -0.3 is 0 Å². The number of benzene rings is 1. The first-order valence-corrected chi connectivity index (χ1v) is 12.6. The van der Waals surface area contributed by atoms with Crippen LogP contribution in [-0.2, 0) is 13.0 Å². The number of imidazole rings is 1. The van der Waals surface area contributed by atoms with Crippen molar-refractivity contribution in [2.75, 3.05) is 0 Å². The zero-order valence-electron chi connectivity index (χ0n) is 20.7. The van der Waals surface area contributed by atoms with Crippen molar-refractivity contribution in [3.63, 3.8) is 0 Å². The molecule has 0 aliphatic heterocycles. The smallest absolute Gasteiger partial charge is 0.296 e. The van der Waals surface area contributed by atoms with Crippen LogP contribution in [0, 0.1) is 11.8 Å². The van der Waals surface area contributed by atoms with Gasteiger partial charge in [0.2, 0.25) is 5.82 Å². The van der Waals surface area contributed by atoms with E-state index in [9.17, 15) is 4.79 Å². The topological polar surface area (TPSA) is 94.3 Å². The lowest BCUT2D eigenvalue weighted by atomic mass is 9.72. The summed E-state index contributed by atoms with van der Waals surface area (Å²) in [6, 6.07) is 10.3. The highest BCUT2D eigenvalue weighted by Gasteiger charge is 2.36. The molecular weight excluding hydrogens is 438 g/mol. The van der Waals surface area contributed by atoms with Crippen LogP contribution >= 0.6 is 0 Å². The Bertz CT molecular complexity index is 1340. The third-order valence-corrected chi connectivity index (χ3v) is 7.41. The summed E-state index contributed by atoms with van der Waals surface area (Å²) >= 11 is 0. The molecule has 3 heterocycles. The Morgan fingerprint density at radius 3 is 2.63 bits per heavy atom. The van der Waals surface area contributed by atoms with Crippen LogP contribution < -0.4 is 5.69 Å². The van der Waals surface area contributed by atoms with E-state index in [0.717, 1.165) is 53.6 Å². The van der Waals surface area contributed by atoms with Crippen LogP contribution in [0.2, 0.25) is 0 Å². The Balaban J connectivity index is 1.56. The number of unbranched alkanes of at least 4 members (excludes halogenated alkanes) is 1. The molecule has 0 bridgehead atoms. The molecule has 4 aromatic rings. The molecule has 1 aliphatic carbocycles. The molecule has 3 aromatic heterocycles.